The summed E-state index contributed by atoms with van der Waals surface area (Å²) in [5.74, 6) is 1.24. The van der Waals surface area contributed by atoms with Crippen molar-refractivity contribution in [2.24, 2.45) is 0 Å². The Hall–Kier alpha value is -4.81. The molecule has 270 valence electrons. The van der Waals surface area contributed by atoms with E-state index in [-0.39, 0.29) is 46.2 Å². The number of hydrogen-bond donors (Lipinski definition) is 2. The van der Waals surface area contributed by atoms with Crippen molar-refractivity contribution in [1.29, 1.82) is 0 Å². The van der Waals surface area contributed by atoms with E-state index in [9.17, 15) is 22.3 Å². The molecular weight excluding hydrogens is 696 g/mol. The molecule has 2 N–H and O–H groups in total. The van der Waals surface area contributed by atoms with Crippen molar-refractivity contribution >= 4 is 37.6 Å². The minimum atomic E-state index is -3.73. The molecule has 52 heavy (non-hydrogen) atoms. The van der Waals surface area contributed by atoms with E-state index in [2.05, 4.69) is 31.1 Å². The van der Waals surface area contributed by atoms with E-state index in [1.807, 2.05) is 6.07 Å². The second-order valence-electron chi connectivity index (χ2n) is 13.3. The van der Waals surface area contributed by atoms with E-state index in [1.54, 1.807) is 42.5 Å². The number of nitrogens with zero attached hydrogens (tertiary/aromatic N) is 4. The van der Waals surface area contributed by atoms with E-state index < -0.39 is 46.2 Å². The van der Waals surface area contributed by atoms with Gasteiger partial charge in [-0.2, -0.15) is 13.4 Å². The molecule has 2 aromatic heterocycles. The lowest BCUT2D eigenvalue weighted by molar-refractivity contribution is 0.107. The first-order chi connectivity index (χ1) is 24.9. The lowest BCUT2D eigenvalue weighted by Crippen LogP contribution is -2.43. The summed E-state index contributed by atoms with van der Waals surface area (Å²) in [6, 6.07) is 14.8. The maximum Gasteiger partial charge on any atom is 0.317 e. The van der Waals surface area contributed by atoms with Crippen LogP contribution >= 0.6 is 0 Å². The second-order valence-corrected chi connectivity index (χ2v) is 14.9. The minimum absolute atomic E-state index is 0.0253. The highest BCUT2D eigenvalue weighted by Crippen LogP contribution is 2.41. The van der Waals surface area contributed by atoms with E-state index in [4.69, 9.17) is 15.3 Å². The number of ether oxygens (including phenoxy) is 1. The average Bonchev–Trinajstić information content (AvgIpc) is 3.66. The molecule has 0 saturated carbocycles. The maximum atomic E-state index is 16.7. The van der Waals surface area contributed by atoms with E-state index in [1.165, 1.54) is 12.3 Å². The summed E-state index contributed by atoms with van der Waals surface area (Å²) < 4.78 is 79.6. The molecular formula is C38H36F3N5O5S. The largest absolute Gasteiger partial charge is 0.461 e. The summed E-state index contributed by atoms with van der Waals surface area (Å²) in [6.45, 7) is 1.18. The molecule has 0 spiro atoms. The quantitative estimate of drug-likeness (QED) is 0.122. The minimum Gasteiger partial charge on any atom is -0.461 e. The summed E-state index contributed by atoms with van der Waals surface area (Å²) in [7, 11) is -3.73. The fourth-order valence-electron chi connectivity index (χ4n) is 7.33. The van der Waals surface area contributed by atoms with Gasteiger partial charge < -0.3 is 15.2 Å². The summed E-state index contributed by atoms with van der Waals surface area (Å²) in [5.41, 5.74) is 0.878. The Balaban J connectivity index is 1.23. The van der Waals surface area contributed by atoms with Gasteiger partial charge in [0.05, 0.1) is 29.4 Å². The Morgan fingerprint density at radius 1 is 1.17 bits per heavy atom. The van der Waals surface area contributed by atoms with Crippen LogP contribution in [0.4, 0.5) is 19.0 Å². The van der Waals surface area contributed by atoms with Crippen molar-refractivity contribution < 1.29 is 35.6 Å². The van der Waals surface area contributed by atoms with Crippen molar-refractivity contribution in [3.05, 3.63) is 89.1 Å². The highest BCUT2D eigenvalue weighted by molar-refractivity contribution is 7.85. The first kappa shape index (κ1) is 35.6. The highest BCUT2D eigenvalue weighted by atomic mass is 32.2. The number of rotatable bonds is 12. The molecule has 3 atom stereocenters. The van der Waals surface area contributed by atoms with Crippen molar-refractivity contribution in [3.63, 3.8) is 0 Å². The van der Waals surface area contributed by atoms with Crippen LogP contribution in [-0.4, -0.2) is 84.2 Å². The number of aliphatic hydroxyl groups excluding tert-OH is 1. The Kier molecular flexibility index (Phi) is 9.79. The van der Waals surface area contributed by atoms with Crippen molar-refractivity contribution in [1.82, 2.24) is 19.9 Å². The third kappa shape index (κ3) is 7.14. The Morgan fingerprint density at radius 3 is 2.81 bits per heavy atom. The second kappa shape index (κ2) is 14.3. The first-order valence-electron chi connectivity index (χ1n) is 16.9. The topological polar surface area (TPSA) is 127 Å². The third-order valence-electron chi connectivity index (χ3n) is 9.77. The molecule has 1 unspecified atom stereocenters. The maximum absolute atomic E-state index is 16.7. The molecule has 10 nitrogen and oxygen atoms in total. The average molecular weight is 732 g/mol. The van der Waals surface area contributed by atoms with Crippen LogP contribution in [0.2, 0.25) is 0 Å². The molecule has 0 aliphatic carbocycles. The van der Waals surface area contributed by atoms with Gasteiger partial charge in [-0.1, -0.05) is 54.5 Å². The Labute approximate surface area is 299 Å². The molecule has 0 amide bonds. The molecule has 2 saturated heterocycles. The monoisotopic (exact) mass is 731 g/mol. The fraction of sp³-hybridized carbons (Fsp3) is 0.342. The van der Waals surface area contributed by atoms with E-state index in [0.29, 0.717) is 42.3 Å². The van der Waals surface area contributed by atoms with Gasteiger partial charge in [0.25, 0.3) is 10.1 Å². The van der Waals surface area contributed by atoms with Crippen LogP contribution in [-0.2, 0) is 20.7 Å². The summed E-state index contributed by atoms with van der Waals surface area (Å²) in [5, 5.41) is 14.9. The van der Waals surface area contributed by atoms with E-state index in [0.717, 1.165) is 31.2 Å². The van der Waals surface area contributed by atoms with Gasteiger partial charge in [-0.3, -0.25) is 9.08 Å². The summed E-state index contributed by atoms with van der Waals surface area (Å²) in [6.07, 6.45) is 8.44. The number of terminal acetylenes is 1. The van der Waals surface area contributed by atoms with Gasteiger partial charge in [0.1, 0.15) is 41.7 Å². The Morgan fingerprint density at radius 2 is 2.00 bits per heavy atom. The number of benzene rings is 3. The number of hydrogen-bond acceptors (Lipinski definition) is 10. The molecule has 14 heteroatoms. The lowest BCUT2D eigenvalue weighted by Gasteiger charge is -2.30. The van der Waals surface area contributed by atoms with E-state index >= 15 is 4.39 Å². The number of aromatic nitrogens is 3. The third-order valence-corrected chi connectivity index (χ3v) is 10.3. The van der Waals surface area contributed by atoms with Gasteiger partial charge in [0.15, 0.2) is 5.82 Å². The SMILES string of the molecule is C#Cc1c(F)ccc2cccc(-c3nc(NCCc4cccc(C(O)COS(C)(=O)=O)c4)c4cnc(OC[C@@]56CCCN5C[C@H](F)C6)nc4c3F)c12. The number of halogens is 3. The molecule has 3 aromatic carbocycles. The van der Waals surface area contributed by atoms with Gasteiger partial charge in [0.2, 0.25) is 0 Å². The van der Waals surface area contributed by atoms with Gasteiger partial charge in [-0.25, -0.2) is 23.1 Å². The van der Waals surface area contributed by atoms with Gasteiger partial charge in [-0.05, 0) is 48.4 Å². The molecule has 2 fully saturated rings. The van der Waals surface area contributed by atoms with Gasteiger partial charge in [0, 0.05) is 36.7 Å². The molecule has 4 heterocycles. The number of pyridine rings is 1. The molecule has 0 bridgehead atoms. The molecule has 2 aliphatic heterocycles. The van der Waals surface area contributed by atoms with Crippen molar-refractivity contribution in [2.45, 2.75) is 43.5 Å². The lowest BCUT2D eigenvalue weighted by atomic mass is 9.95. The zero-order chi connectivity index (χ0) is 36.6. The number of nitrogens with one attached hydrogen (secondary N) is 1. The predicted molar refractivity (Wildman–Crippen MR) is 191 cm³/mol. The van der Waals surface area contributed by atoms with Crippen molar-refractivity contribution in [3.8, 4) is 29.6 Å². The van der Waals surface area contributed by atoms with Gasteiger partial charge in [-0.15, -0.1) is 6.42 Å². The zero-order valence-electron chi connectivity index (χ0n) is 28.3. The van der Waals surface area contributed by atoms with Gasteiger partial charge >= 0.3 is 6.01 Å². The molecule has 0 radical (unpaired) electrons. The standard InChI is InChI=1S/C38H36F3N5O5S/c1-3-27-30(40)12-11-24-8-5-10-28(32(24)27)34-33(41)35-29(19-43-37(45-35)50-22-38-14-6-16-46(38)20-26(39)18-38)36(44-34)42-15-13-23-7-4-9-25(17-23)31(47)21-51-52(2,48)49/h1,4-5,7-12,17,19,26,31,47H,6,13-16,18,20-22H2,2H3,(H,42,44)/t26-,31?,38+/m1/s1. The van der Waals surface area contributed by atoms with Crippen LogP contribution in [0.3, 0.4) is 0 Å². The normalized spacial score (nSPS) is 19.5. The fourth-order valence-corrected chi connectivity index (χ4v) is 7.70. The van der Waals surface area contributed by atoms with Crippen LogP contribution in [0.15, 0.2) is 60.8 Å². The number of alkyl halides is 1. The first-order valence-corrected chi connectivity index (χ1v) is 18.7. The number of anilines is 1. The van der Waals surface area contributed by atoms with Crippen LogP contribution < -0.4 is 10.1 Å². The Bertz CT molecular complexity index is 2320. The van der Waals surface area contributed by atoms with Crippen LogP contribution in [0.25, 0.3) is 32.9 Å². The molecule has 7 rings (SSSR count). The van der Waals surface area contributed by atoms with Crippen molar-refractivity contribution in [2.75, 3.05) is 44.4 Å². The summed E-state index contributed by atoms with van der Waals surface area (Å²) >= 11 is 0. The number of aliphatic hydroxyl groups is 1. The number of fused-ring (bicyclic) bond motifs is 3. The molecule has 2 aliphatic rings. The van der Waals surface area contributed by atoms with Crippen LogP contribution in [0, 0.1) is 24.0 Å². The predicted octanol–water partition coefficient (Wildman–Crippen LogP) is 5.72. The highest BCUT2D eigenvalue weighted by Gasteiger charge is 2.49. The summed E-state index contributed by atoms with van der Waals surface area (Å²) in [4.78, 5) is 15.6. The molecule has 5 aromatic rings. The van der Waals surface area contributed by atoms with Crippen LogP contribution in [0.5, 0.6) is 6.01 Å². The smallest absolute Gasteiger partial charge is 0.317 e. The van der Waals surface area contributed by atoms with Crippen LogP contribution in [0.1, 0.15) is 42.1 Å². The zero-order valence-corrected chi connectivity index (χ0v) is 29.1.